The van der Waals surface area contributed by atoms with Gasteiger partial charge in [-0.2, -0.15) is 5.10 Å². The summed E-state index contributed by atoms with van der Waals surface area (Å²) in [6.45, 7) is 5.24. The highest BCUT2D eigenvalue weighted by atomic mass is 35.5. The summed E-state index contributed by atoms with van der Waals surface area (Å²) in [7, 11) is 0. The molecule has 0 bridgehead atoms. The van der Waals surface area contributed by atoms with Gasteiger partial charge in [-0.15, -0.1) is 5.10 Å². The molecular formula is C12H14ClN3. The Balaban J connectivity index is 2.42. The minimum absolute atomic E-state index is 0.586. The molecule has 2 rings (SSSR count). The van der Waals surface area contributed by atoms with Gasteiger partial charge in [0.15, 0.2) is 0 Å². The minimum Gasteiger partial charge on any atom is -0.383 e. The van der Waals surface area contributed by atoms with Crippen molar-refractivity contribution in [2.45, 2.75) is 13.8 Å². The number of halogens is 1. The van der Waals surface area contributed by atoms with Crippen LogP contribution in [0, 0.1) is 5.92 Å². The van der Waals surface area contributed by atoms with Gasteiger partial charge in [0.2, 0.25) is 0 Å². The van der Waals surface area contributed by atoms with E-state index in [1.165, 1.54) is 0 Å². The lowest BCUT2D eigenvalue weighted by atomic mass is 10.2. The number of hydrogen-bond donors (Lipinski definition) is 1. The molecule has 1 N–H and O–H groups in total. The van der Waals surface area contributed by atoms with Crippen molar-refractivity contribution < 1.29 is 0 Å². The van der Waals surface area contributed by atoms with Gasteiger partial charge in [-0.25, -0.2) is 0 Å². The molecule has 0 fully saturated rings. The van der Waals surface area contributed by atoms with E-state index in [-0.39, 0.29) is 0 Å². The van der Waals surface area contributed by atoms with Crippen LogP contribution in [-0.2, 0) is 0 Å². The van der Waals surface area contributed by atoms with Crippen LogP contribution in [0.5, 0.6) is 0 Å². The van der Waals surface area contributed by atoms with Crippen LogP contribution in [0.25, 0.3) is 10.9 Å². The maximum atomic E-state index is 6.06. The Bertz CT molecular complexity index is 497. The molecule has 0 saturated heterocycles. The van der Waals surface area contributed by atoms with Crippen LogP contribution in [-0.4, -0.2) is 16.7 Å². The highest BCUT2D eigenvalue weighted by molar-refractivity contribution is 6.35. The van der Waals surface area contributed by atoms with E-state index in [0.29, 0.717) is 10.9 Å². The van der Waals surface area contributed by atoms with Gasteiger partial charge >= 0.3 is 0 Å². The summed E-state index contributed by atoms with van der Waals surface area (Å²) < 4.78 is 0. The van der Waals surface area contributed by atoms with E-state index in [1.807, 2.05) is 18.2 Å². The van der Waals surface area contributed by atoms with Crippen molar-refractivity contribution in [2.24, 2.45) is 5.92 Å². The molecule has 1 aromatic heterocycles. The molecule has 2 aromatic rings. The first-order chi connectivity index (χ1) is 7.68. The fourth-order valence-electron chi connectivity index (χ4n) is 1.50. The summed E-state index contributed by atoms with van der Waals surface area (Å²) in [5, 5.41) is 13.0. The topological polar surface area (TPSA) is 37.8 Å². The summed E-state index contributed by atoms with van der Waals surface area (Å²) in [5.41, 5.74) is 1.74. The number of rotatable bonds is 3. The molecular weight excluding hydrogens is 222 g/mol. The standard InChI is InChI=1S/C12H14ClN3/c1-8(2)6-14-11-7-15-16-12-9(11)4-3-5-10(12)13/h3-5,7-8H,6H2,1-2H3,(H,14,16). The van der Waals surface area contributed by atoms with Gasteiger partial charge in [0.25, 0.3) is 0 Å². The third-order valence-electron chi connectivity index (χ3n) is 2.32. The van der Waals surface area contributed by atoms with Gasteiger partial charge in [-0.1, -0.05) is 37.6 Å². The zero-order valence-electron chi connectivity index (χ0n) is 9.37. The molecule has 1 aromatic carbocycles. The number of nitrogens with one attached hydrogen (secondary N) is 1. The molecule has 84 valence electrons. The number of nitrogens with zero attached hydrogens (tertiary/aromatic N) is 2. The van der Waals surface area contributed by atoms with Crippen LogP contribution in [0.15, 0.2) is 24.4 Å². The number of aromatic nitrogens is 2. The van der Waals surface area contributed by atoms with Gasteiger partial charge in [-0.3, -0.25) is 0 Å². The van der Waals surface area contributed by atoms with E-state index >= 15 is 0 Å². The molecule has 0 aliphatic carbocycles. The first-order valence-electron chi connectivity index (χ1n) is 5.32. The Morgan fingerprint density at radius 3 is 2.94 bits per heavy atom. The molecule has 0 radical (unpaired) electrons. The van der Waals surface area contributed by atoms with Crippen molar-refractivity contribution in [3.05, 3.63) is 29.4 Å². The average Bonchev–Trinajstić information content (AvgIpc) is 2.27. The fourth-order valence-corrected chi connectivity index (χ4v) is 1.72. The molecule has 0 saturated carbocycles. The zero-order chi connectivity index (χ0) is 11.5. The normalized spacial score (nSPS) is 11.0. The summed E-state index contributed by atoms with van der Waals surface area (Å²) in [5.74, 6) is 0.586. The fraction of sp³-hybridized carbons (Fsp3) is 0.333. The smallest absolute Gasteiger partial charge is 0.114 e. The van der Waals surface area contributed by atoms with Crippen LogP contribution in [0.1, 0.15) is 13.8 Å². The molecule has 0 aliphatic rings. The van der Waals surface area contributed by atoms with Crippen molar-refractivity contribution in [2.75, 3.05) is 11.9 Å². The van der Waals surface area contributed by atoms with Gasteiger partial charge in [0, 0.05) is 11.9 Å². The van der Waals surface area contributed by atoms with Crippen LogP contribution in [0.4, 0.5) is 5.69 Å². The Morgan fingerprint density at radius 1 is 1.38 bits per heavy atom. The lowest BCUT2D eigenvalue weighted by Crippen LogP contribution is -2.08. The van der Waals surface area contributed by atoms with E-state index in [9.17, 15) is 0 Å². The third-order valence-corrected chi connectivity index (χ3v) is 2.63. The quantitative estimate of drug-likeness (QED) is 0.887. The van der Waals surface area contributed by atoms with Crippen LogP contribution in [0.3, 0.4) is 0 Å². The molecule has 0 unspecified atom stereocenters. The third kappa shape index (κ3) is 2.25. The Hall–Kier alpha value is -1.35. The SMILES string of the molecule is CC(C)CNc1cnnc2c(Cl)cccc12. The molecule has 0 atom stereocenters. The lowest BCUT2D eigenvalue weighted by molar-refractivity contribution is 0.689. The van der Waals surface area contributed by atoms with E-state index < -0.39 is 0 Å². The second-order valence-electron chi connectivity index (χ2n) is 4.17. The molecule has 4 heteroatoms. The van der Waals surface area contributed by atoms with Gasteiger partial charge in [-0.05, 0) is 12.0 Å². The van der Waals surface area contributed by atoms with E-state index in [1.54, 1.807) is 6.20 Å². The van der Waals surface area contributed by atoms with Gasteiger partial charge in [0.1, 0.15) is 5.52 Å². The van der Waals surface area contributed by atoms with E-state index in [0.717, 1.165) is 23.1 Å². The monoisotopic (exact) mass is 235 g/mol. The highest BCUT2D eigenvalue weighted by Gasteiger charge is 2.05. The van der Waals surface area contributed by atoms with Crippen molar-refractivity contribution >= 4 is 28.2 Å². The first-order valence-corrected chi connectivity index (χ1v) is 5.70. The number of fused-ring (bicyclic) bond motifs is 1. The summed E-state index contributed by atoms with van der Waals surface area (Å²) in [4.78, 5) is 0. The maximum absolute atomic E-state index is 6.06. The summed E-state index contributed by atoms with van der Waals surface area (Å²) >= 11 is 6.06. The van der Waals surface area contributed by atoms with Crippen molar-refractivity contribution in [1.82, 2.24) is 10.2 Å². The molecule has 3 nitrogen and oxygen atoms in total. The largest absolute Gasteiger partial charge is 0.383 e. The number of anilines is 1. The number of hydrogen-bond acceptors (Lipinski definition) is 3. The average molecular weight is 236 g/mol. The van der Waals surface area contributed by atoms with E-state index in [2.05, 4.69) is 29.4 Å². The minimum atomic E-state index is 0.586. The van der Waals surface area contributed by atoms with Gasteiger partial charge < -0.3 is 5.32 Å². The van der Waals surface area contributed by atoms with Crippen LogP contribution >= 0.6 is 11.6 Å². The summed E-state index contributed by atoms with van der Waals surface area (Å²) in [6, 6.07) is 5.75. The molecule has 0 amide bonds. The second-order valence-corrected chi connectivity index (χ2v) is 4.58. The molecule has 0 aliphatic heterocycles. The van der Waals surface area contributed by atoms with Crippen molar-refractivity contribution in [1.29, 1.82) is 0 Å². The summed E-state index contributed by atoms with van der Waals surface area (Å²) in [6.07, 6.45) is 1.74. The zero-order valence-corrected chi connectivity index (χ0v) is 10.1. The predicted molar refractivity (Wildman–Crippen MR) is 67.9 cm³/mol. The van der Waals surface area contributed by atoms with Crippen molar-refractivity contribution in [3.8, 4) is 0 Å². The second kappa shape index (κ2) is 4.66. The van der Waals surface area contributed by atoms with Gasteiger partial charge in [0.05, 0.1) is 16.9 Å². The first kappa shape index (κ1) is 11.1. The Kier molecular flexibility index (Phi) is 3.25. The number of benzene rings is 1. The lowest BCUT2D eigenvalue weighted by Gasteiger charge is -2.10. The Morgan fingerprint density at radius 2 is 2.19 bits per heavy atom. The predicted octanol–water partition coefficient (Wildman–Crippen LogP) is 3.35. The molecule has 16 heavy (non-hydrogen) atoms. The molecule has 0 spiro atoms. The van der Waals surface area contributed by atoms with Crippen LogP contribution in [0.2, 0.25) is 5.02 Å². The van der Waals surface area contributed by atoms with Crippen LogP contribution < -0.4 is 5.32 Å². The Labute approximate surface area is 99.8 Å². The highest BCUT2D eigenvalue weighted by Crippen LogP contribution is 2.26. The van der Waals surface area contributed by atoms with E-state index in [4.69, 9.17) is 11.6 Å². The van der Waals surface area contributed by atoms with Crippen molar-refractivity contribution in [3.63, 3.8) is 0 Å². The molecule has 1 heterocycles. The maximum Gasteiger partial charge on any atom is 0.114 e.